The van der Waals surface area contributed by atoms with Crippen LogP contribution in [0.5, 0.6) is 0 Å². The van der Waals surface area contributed by atoms with Gasteiger partial charge in [-0.3, -0.25) is 5.10 Å². The van der Waals surface area contributed by atoms with E-state index in [-0.39, 0.29) is 0 Å². The Hall–Kier alpha value is -2.59. The average molecular weight is 321 g/mol. The maximum atomic E-state index is 5.58. The number of anilines is 1. The molecule has 0 unspecified atom stereocenters. The molecule has 23 heavy (non-hydrogen) atoms. The van der Waals surface area contributed by atoms with E-state index in [0.717, 1.165) is 21.9 Å². The molecule has 0 atom stereocenters. The lowest BCUT2D eigenvalue weighted by atomic mass is 10.1. The number of nitrogens with zero attached hydrogens (tertiary/aromatic N) is 1. The predicted octanol–water partition coefficient (Wildman–Crippen LogP) is 3.41. The fraction of sp³-hybridized carbons (Fsp3) is 0.105. The van der Waals surface area contributed by atoms with Gasteiger partial charge in [0, 0.05) is 11.9 Å². The molecule has 0 aliphatic rings. The van der Waals surface area contributed by atoms with Crippen molar-refractivity contribution in [2.45, 2.75) is 13.8 Å². The van der Waals surface area contributed by atoms with Crippen LogP contribution in [0, 0.1) is 18.5 Å². The molecule has 2 aromatic carbocycles. The van der Waals surface area contributed by atoms with E-state index in [1.807, 2.05) is 41.2 Å². The zero-order chi connectivity index (χ0) is 16.4. The van der Waals surface area contributed by atoms with Crippen molar-refractivity contribution in [2.24, 2.45) is 0 Å². The lowest BCUT2D eigenvalue weighted by molar-refractivity contribution is 0.857. The second-order valence-electron chi connectivity index (χ2n) is 5.57. The lowest BCUT2D eigenvalue weighted by Crippen LogP contribution is -2.22. The molecule has 3 aromatic rings. The van der Waals surface area contributed by atoms with Gasteiger partial charge in [0.25, 0.3) is 0 Å². The largest absolute Gasteiger partial charge is 0.361 e. The molecule has 116 valence electrons. The molecule has 0 saturated carbocycles. The quantitative estimate of drug-likeness (QED) is 0.725. The van der Waals surface area contributed by atoms with E-state index >= 15 is 0 Å². The van der Waals surface area contributed by atoms with E-state index in [1.165, 1.54) is 11.1 Å². The Balaban J connectivity index is 2.00. The van der Waals surface area contributed by atoms with Gasteiger partial charge in [-0.1, -0.05) is 43.1 Å². The molecule has 0 aliphatic carbocycles. The summed E-state index contributed by atoms with van der Waals surface area (Å²) in [4.78, 5) is 0. The first kappa shape index (κ1) is 15.3. The summed E-state index contributed by atoms with van der Waals surface area (Å²) < 4.78 is 2.57. The van der Waals surface area contributed by atoms with E-state index in [9.17, 15) is 0 Å². The monoisotopic (exact) mass is 321 g/mol. The molecule has 1 aromatic heterocycles. The standard InChI is InChI=1S/C19H19N3S/c1-13-9-10-16(11-14(13)2)20-12-18-15(3)21-22(19(18)23)17-7-5-4-6-8-17/h4-12,20-21H,3H2,1-2H3/b18-12-. The van der Waals surface area contributed by atoms with Gasteiger partial charge < -0.3 is 5.32 Å². The van der Waals surface area contributed by atoms with Gasteiger partial charge >= 0.3 is 0 Å². The summed E-state index contributed by atoms with van der Waals surface area (Å²) in [6, 6.07) is 16.2. The Bertz CT molecular complexity index is 997. The van der Waals surface area contributed by atoms with Crippen molar-refractivity contribution in [3.8, 4) is 5.69 Å². The minimum Gasteiger partial charge on any atom is -0.361 e. The van der Waals surface area contributed by atoms with Crippen molar-refractivity contribution >= 4 is 30.7 Å². The van der Waals surface area contributed by atoms with Crippen LogP contribution in [0.4, 0.5) is 5.69 Å². The number of aromatic nitrogens is 2. The molecular formula is C19H19N3S. The third kappa shape index (κ3) is 3.12. The highest BCUT2D eigenvalue weighted by Gasteiger charge is 2.01. The van der Waals surface area contributed by atoms with Gasteiger partial charge in [-0.15, -0.1) is 0 Å². The number of nitrogens with one attached hydrogen (secondary N) is 2. The third-order valence-electron chi connectivity index (χ3n) is 3.91. The SMILES string of the molecule is C=c1[nH]n(-c2ccccc2)c(=S)/c1=C\Nc1ccc(C)c(C)c1. The van der Waals surface area contributed by atoms with E-state index in [1.54, 1.807) is 0 Å². The van der Waals surface area contributed by atoms with E-state index in [0.29, 0.717) is 4.64 Å². The Labute approximate surface area is 140 Å². The number of hydrogen-bond donors (Lipinski definition) is 2. The van der Waals surface area contributed by atoms with Crippen LogP contribution in [0.3, 0.4) is 0 Å². The van der Waals surface area contributed by atoms with E-state index in [2.05, 4.69) is 49.0 Å². The minimum absolute atomic E-state index is 0.706. The predicted molar refractivity (Wildman–Crippen MR) is 99.7 cm³/mol. The van der Waals surface area contributed by atoms with Gasteiger partial charge in [0.15, 0.2) is 0 Å². The van der Waals surface area contributed by atoms with Gasteiger partial charge in [-0.2, -0.15) is 0 Å². The lowest BCUT2D eigenvalue weighted by Gasteiger charge is -2.04. The fourth-order valence-corrected chi connectivity index (χ4v) is 2.72. The smallest absolute Gasteiger partial charge is 0.136 e. The van der Waals surface area contributed by atoms with Gasteiger partial charge in [0.05, 0.1) is 16.3 Å². The van der Waals surface area contributed by atoms with Gasteiger partial charge in [-0.05, 0) is 49.2 Å². The zero-order valence-corrected chi connectivity index (χ0v) is 14.1. The first-order chi connectivity index (χ1) is 11.1. The summed E-state index contributed by atoms with van der Waals surface area (Å²) in [7, 11) is 0. The second-order valence-corrected chi connectivity index (χ2v) is 5.95. The molecule has 2 N–H and O–H groups in total. The molecule has 0 saturated heterocycles. The molecule has 0 radical (unpaired) electrons. The Morgan fingerprint density at radius 3 is 2.52 bits per heavy atom. The van der Waals surface area contributed by atoms with Crippen molar-refractivity contribution in [3.63, 3.8) is 0 Å². The van der Waals surface area contributed by atoms with Gasteiger partial charge in [0.1, 0.15) is 4.64 Å². The van der Waals surface area contributed by atoms with Crippen molar-refractivity contribution in [2.75, 3.05) is 5.32 Å². The van der Waals surface area contributed by atoms with E-state index < -0.39 is 0 Å². The number of rotatable bonds is 3. The molecular weight excluding hydrogens is 302 g/mol. The average Bonchev–Trinajstić information content (AvgIpc) is 2.84. The number of aryl methyl sites for hydroxylation is 2. The Kier molecular flexibility index (Phi) is 4.17. The van der Waals surface area contributed by atoms with Crippen LogP contribution in [0.2, 0.25) is 0 Å². The van der Waals surface area contributed by atoms with Crippen molar-refractivity contribution in [1.29, 1.82) is 0 Å². The minimum atomic E-state index is 0.706. The summed E-state index contributed by atoms with van der Waals surface area (Å²) in [6.07, 6.45) is 1.91. The highest BCUT2D eigenvalue weighted by Crippen LogP contribution is 2.13. The molecule has 1 heterocycles. The van der Waals surface area contributed by atoms with Gasteiger partial charge in [0.2, 0.25) is 0 Å². The number of benzene rings is 2. The van der Waals surface area contributed by atoms with Crippen LogP contribution < -0.4 is 15.9 Å². The number of aromatic amines is 1. The molecule has 4 heteroatoms. The molecule has 0 aliphatic heterocycles. The number of hydrogen-bond acceptors (Lipinski definition) is 2. The third-order valence-corrected chi connectivity index (χ3v) is 4.31. The van der Waals surface area contributed by atoms with E-state index in [4.69, 9.17) is 12.2 Å². The van der Waals surface area contributed by atoms with Crippen molar-refractivity contribution in [3.05, 3.63) is 74.9 Å². The maximum absolute atomic E-state index is 5.58. The Morgan fingerprint density at radius 2 is 1.83 bits per heavy atom. The van der Waals surface area contributed by atoms with Crippen molar-refractivity contribution in [1.82, 2.24) is 9.78 Å². The van der Waals surface area contributed by atoms with Crippen LogP contribution in [0.25, 0.3) is 18.5 Å². The zero-order valence-electron chi connectivity index (χ0n) is 13.3. The van der Waals surface area contributed by atoms with Crippen LogP contribution in [-0.2, 0) is 0 Å². The van der Waals surface area contributed by atoms with Gasteiger partial charge in [-0.25, -0.2) is 4.68 Å². The topological polar surface area (TPSA) is 32.8 Å². The first-order valence-electron chi connectivity index (χ1n) is 7.45. The highest BCUT2D eigenvalue weighted by molar-refractivity contribution is 7.71. The van der Waals surface area contributed by atoms with Crippen LogP contribution in [0.1, 0.15) is 11.1 Å². The maximum Gasteiger partial charge on any atom is 0.136 e. The molecule has 0 fully saturated rings. The molecule has 0 bridgehead atoms. The fourth-order valence-electron chi connectivity index (χ4n) is 2.39. The van der Waals surface area contributed by atoms with Crippen molar-refractivity contribution < 1.29 is 0 Å². The second kappa shape index (κ2) is 6.26. The Morgan fingerprint density at radius 1 is 1.09 bits per heavy atom. The summed E-state index contributed by atoms with van der Waals surface area (Å²) in [5.74, 6) is 0. The summed E-state index contributed by atoms with van der Waals surface area (Å²) >= 11 is 5.58. The van der Waals surface area contributed by atoms with Crippen LogP contribution >= 0.6 is 12.2 Å². The molecule has 3 nitrogen and oxygen atoms in total. The summed E-state index contributed by atoms with van der Waals surface area (Å²) in [5.41, 5.74) is 4.56. The summed E-state index contributed by atoms with van der Waals surface area (Å²) in [6.45, 7) is 8.26. The first-order valence-corrected chi connectivity index (χ1v) is 7.86. The molecule has 0 amide bonds. The normalized spacial score (nSPS) is 11.7. The van der Waals surface area contributed by atoms with Crippen LogP contribution in [0.15, 0.2) is 48.5 Å². The number of H-pyrrole nitrogens is 1. The highest BCUT2D eigenvalue weighted by atomic mass is 32.1. The molecule has 3 rings (SSSR count). The van der Waals surface area contributed by atoms with Crippen LogP contribution in [-0.4, -0.2) is 9.78 Å². The molecule has 0 spiro atoms. The summed E-state index contributed by atoms with van der Waals surface area (Å²) in [5, 5.41) is 8.20. The number of para-hydroxylation sites is 1.